The van der Waals surface area contributed by atoms with E-state index in [1.165, 1.54) is 6.92 Å². The summed E-state index contributed by atoms with van der Waals surface area (Å²) in [4.78, 5) is 36.7. The highest BCUT2D eigenvalue weighted by molar-refractivity contribution is 8.00. The monoisotopic (exact) mass is 424 g/mol. The number of anilines is 1. The summed E-state index contributed by atoms with van der Waals surface area (Å²) in [6.45, 7) is 2.13. The van der Waals surface area contributed by atoms with Crippen LogP contribution in [0.4, 0.5) is 5.69 Å². The maximum atomic E-state index is 12.7. The number of piperidine rings is 1. The van der Waals surface area contributed by atoms with Gasteiger partial charge in [0.15, 0.2) is 0 Å². The molecule has 2 aliphatic rings. The maximum Gasteiger partial charge on any atom is 0.230 e. The zero-order valence-electron chi connectivity index (χ0n) is 15.7. The SMILES string of the molecule is CC(=O)NC1CC(C(=O)NC2SCCC2C(=O)Nc2ccc(Cl)cc2)CCN1. The molecule has 7 nitrogen and oxygen atoms in total. The first-order chi connectivity index (χ1) is 13.4. The molecule has 0 radical (unpaired) electrons. The Morgan fingerprint density at radius 3 is 2.57 bits per heavy atom. The van der Waals surface area contributed by atoms with Gasteiger partial charge in [-0.2, -0.15) is 0 Å². The van der Waals surface area contributed by atoms with Gasteiger partial charge in [-0.05, 0) is 55.8 Å². The topological polar surface area (TPSA) is 99.3 Å². The minimum absolute atomic E-state index is 0.0551. The van der Waals surface area contributed by atoms with Gasteiger partial charge in [-0.3, -0.25) is 19.7 Å². The summed E-state index contributed by atoms with van der Waals surface area (Å²) in [6, 6.07) is 6.96. The van der Waals surface area contributed by atoms with Crippen LogP contribution in [0, 0.1) is 11.8 Å². The van der Waals surface area contributed by atoms with Crippen molar-refractivity contribution in [2.45, 2.75) is 37.7 Å². The predicted molar refractivity (Wildman–Crippen MR) is 111 cm³/mol. The Morgan fingerprint density at radius 1 is 1.11 bits per heavy atom. The number of carbonyl (C=O) groups excluding carboxylic acids is 3. The molecule has 2 aliphatic heterocycles. The van der Waals surface area contributed by atoms with E-state index in [0.29, 0.717) is 30.1 Å². The van der Waals surface area contributed by atoms with Gasteiger partial charge in [-0.1, -0.05) is 11.6 Å². The van der Waals surface area contributed by atoms with Gasteiger partial charge in [-0.25, -0.2) is 0 Å². The second-order valence-electron chi connectivity index (χ2n) is 7.12. The molecule has 152 valence electrons. The summed E-state index contributed by atoms with van der Waals surface area (Å²) in [5, 5.41) is 12.3. The number of halogens is 1. The van der Waals surface area contributed by atoms with Gasteiger partial charge in [0.05, 0.1) is 17.5 Å². The fourth-order valence-electron chi connectivity index (χ4n) is 3.54. The number of benzene rings is 1. The van der Waals surface area contributed by atoms with Crippen molar-refractivity contribution in [2.24, 2.45) is 11.8 Å². The van der Waals surface area contributed by atoms with Gasteiger partial charge < -0.3 is 16.0 Å². The number of carbonyl (C=O) groups is 3. The minimum atomic E-state index is -0.280. The number of hydrogen-bond acceptors (Lipinski definition) is 5. The average Bonchev–Trinajstić information content (AvgIpc) is 3.11. The highest BCUT2D eigenvalue weighted by atomic mass is 35.5. The zero-order chi connectivity index (χ0) is 20.1. The van der Waals surface area contributed by atoms with Crippen molar-refractivity contribution in [2.75, 3.05) is 17.6 Å². The molecule has 9 heteroatoms. The van der Waals surface area contributed by atoms with Crippen LogP contribution in [0.2, 0.25) is 5.02 Å². The minimum Gasteiger partial charge on any atom is -0.343 e. The van der Waals surface area contributed by atoms with Crippen molar-refractivity contribution < 1.29 is 14.4 Å². The van der Waals surface area contributed by atoms with Gasteiger partial charge in [0.1, 0.15) is 0 Å². The summed E-state index contributed by atoms with van der Waals surface area (Å²) in [5.41, 5.74) is 0.688. The van der Waals surface area contributed by atoms with E-state index in [4.69, 9.17) is 11.6 Å². The smallest absolute Gasteiger partial charge is 0.230 e. The van der Waals surface area contributed by atoms with Gasteiger partial charge in [0.25, 0.3) is 0 Å². The Balaban J connectivity index is 1.55. The zero-order valence-corrected chi connectivity index (χ0v) is 17.2. The number of thioether (sulfide) groups is 1. The molecule has 28 heavy (non-hydrogen) atoms. The molecule has 4 atom stereocenters. The van der Waals surface area contributed by atoms with Crippen molar-refractivity contribution in [3.63, 3.8) is 0 Å². The lowest BCUT2D eigenvalue weighted by Crippen LogP contribution is -2.53. The molecular formula is C19H25ClN4O3S. The molecule has 4 N–H and O–H groups in total. The second kappa shape index (κ2) is 9.62. The van der Waals surface area contributed by atoms with Crippen LogP contribution in [0.3, 0.4) is 0 Å². The van der Waals surface area contributed by atoms with Crippen LogP contribution in [0.25, 0.3) is 0 Å². The van der Waals surface area contributed by atoms with Crippen LogP contribution in [0.5, 0.6) is 0 Å². The van der Waals surface area contributed by atoms with E-state index in [1.807, 2.05) is 0 Å². The summed E-state index contributed by atoms with van der Waals surface area (Å²) in [7, 11) is 0. The third kappa shape index (κ3) is 5.62. The van der Waals surface area contributed by atoms with Gasteiger partial charge in [0.2, 0.25) is 17.7 Å². The Bertz CT molecular complexity index is 730. The predicted octanol–water partition coefficient (Wildman–Crippen LogP) is 1.94. The van der Waals surface area contributed by atoms with Crippen LogP contribution in [0.15, 0.2) is 24.3 Å². The second-order valence-corrected chi connectivity index (χ2v) is 8.81. The van der Waals surface area contributed by atoms with Crippen molar-refractivity contribution >= 4 is 46.8 Å². The Hall–Kier alpha value is -1.77. The fourth-order valence-corrected chi connectivity index (χ4v) is 5.00. The van der Waals surface area contributed by atoms with Crippen LogP contribution in [-0.4, -0.2) is 41.6 Å². The lowest BCUT2D eigenvalue weighted by atomic mass is 9.94. The first-order valence-corrected chi connectivity index (χ1v) is 10.8. The van der Waals surface area contributed by atoms with Crippen molar-refractivity contribution in [1.82, 2.24) is 16.0 Å². The number of nitrogens with one attached hydrogen (secondary N) is 4. The number of amides is 3. The summed E-state index contributed by atoms with van der Waals surface area (Å²) >= 11 is 7.47. The molecule has 2 heterocycles. The van der Waals surface area contributed by atoms with Crippen LogP contribution >= 0.6 is 23.4 Å². The highest BCUT2D eigenvalue weighted by Gasteiger charge is 2.37. The van der Waals surface area contributed by atoms with Crippen LogP contribution in [-0.2, 0) is 14.4 Å². The van der Waals surface area contributed by atoms with E-state index < -0.39 is 0 Å². The van der Waals surface area contributed by atoms with E-state index in [0.717, 1.165) is 12.2 Å². The van der Waals surface area contributed by atoms with Crippen molar-refractivity contribution in [3.8, 4) is 0 Å². The molecule has 0 spiro atoms. The van der Waals surface area contributed by atoms with Crippen molar-refractivity contribution in [3.05, 3.63) is 29.3 Å². The molecule has 3 rings (SSSR count). The van der Waals surface area contributed by atoms with E-state index in [-0.39, 0.29) is 41.1 Å². The Morgan fingerprint density at radius 2 is 1.86 bits per heavy atom. The summed E-state index contributed by atoms with van der Waals surface area (Å²) in [5.74, 6) is 0.0879. The normalized spacial score (nSPS) is 27.1. The molecule has 4 unspecified atom stereocenters. The van der Waals surface area contributed by atoms with Crippen molar-refractivity contribution in [1.29, 1.82) is 0 Å². The molecule has 1 aromatic carbocycles. The molecular weight excluding hydrogens is 400 g/mol. The van der Waals surface area contributed by atoms with Gasteiger partial charge in [-0.15, -0.1) is 11.8 Å². The first kappa shape index (κ1) is 21.0. The van der Waals surface area contributed by atoms with E-state index >= 15 is 0 Å². The Kier molecular flexibility index (Phi) is 7.20. The van der Waals surface area contributed by atoms with E-state index in [2.05, 4.69) is 21.3 Å². The number of rotatable bonds is 5. The average molecular weight is 425 g/mol. The maximum absolute atomic E-state index is 12.7. The summed E-state index contributed by atoms with van der Waals surface area (Å²) in [6.07, 6.45) is 1.78. The molecule has 2 fully saturated rings. The van der Waals surface area contributed by atoms with Gasteiger partial charge in [0, 0.05) is 23.6 Å². The van der Waals surface area contributed by atoms with Crippen LogP contribution in [0.1, 0.15) is 26.2 Å². The lowest BCUT2D eigenvalue weighted by molar-refractivity contribution is -0.128. The quantitative estimate of drug-likeness (QED) is 0.579. The summed E-state index contributed by atoms with van der Waals surface area (Å²) < 4.78 is 0. The molecule has 0 aliphatic carbocycles. The molecule has 0 bridgehead atoms. The first-order valence-electron chi connectivity index (χ1n) is 9.41. The van der Waals surface area contributed by atoms with Gasteiger partial charge >= 0.3 is 0 Å². The lowest BCUT2D eigenvalue weighted by Gasteiger charge is -2.31. The largest absolute Gasteiger partial charge is 0.343 e. The highest BCUT2D eigenvalue weighted by Crippen LogP contribution is 2.32. The number of hydrogen-bond donors (Lipinski definition) is 4. The molecule has 2 saturated heterocycles. The molecule has 1 aromatic rings. The Labute approximate surface area is 173 Å². The fraction of sp³-hybridized carbons (Fsp3) is 0.526. The molecule has 0 aromatic heterocycles. The third-order valence-corrected chi connectivity index (χ3v) is 6.51. The molecule has 0 saturated carbocycles. The third-order valence-electron chi connectivity index (χ3n) is 4.98. The van der Waals surface area contributed by atoms with Crippen LogP contribution < -0.4 is 21.3 Å². The van der Waals surface area contributed by atoms with E-state index in [1.54, 1.807) is 36.0 Å². The molecule has 3 amide bonds. The standard InChI is InChI=1S/C19H25ClN4O3S/c1-11(25)22-16-10-12(6-8-21-16)17(26)24-19-15(7-9-28-19)18(27)23-14-4-2-13(20)3-5-14/h2-5,12,15-16,19,21H,6-10H2,1H3,(H,22,25)(H,23,27)(H,24,26). The van der Waals surface area contributed by atoms with E-state index in [9.17, 15) is 14.4 Å².